The van der Waals surface area contributed by atoms with Crippen LogP contribution in [-0.2, 0) is 6.42 Å². The first kappa shape index (κ1) is 12.9. The van der Waals surface area contributed by atoms with Crippen LogP contribution in [0.25, 0.3) is 33.2 Å². The monoisotopic (exact) mass is 314 g/mol. The van der Waals surface area contributed by atoms with Gasteiger partial charge >= 0.3 is 0 Å². The molecule has 3 heteroatoms. The molecule has 0 aliphatic heterocycles. The molecule has 0 spiro atoms. The van der Waals surface area contributed by atoms with Crippen molar-refractivity contribution in [2.45, 2.75) is 6.42 Å². The molecule has 0 fully saturated rings. The molecular weight excluding hydrogens is 300 g/mol. The second kappa shape index (κ2) is 4.67. The molecular formula is C20H14N2S. The smallest absolute Gasteiger partial charge is 0.180 e. The van der Waals surface area contributed by atoms with Gasteiger partial charge < -0.3 is 5.73 Å². The van der Waals surface area contributed by atoms with E-state index in [1.54, 1.807) is 11.3 Å². The summed E-state index contributed by atoms with van der Waals surface area (Å²) in [5.41, 5.74) is 12.0. The Kier molecular flexibility index (Phi) is 2.61. The van der Waals surface area contributed by atoms with Crippen molar-refractivity contribution in [1.29, 1.82) is 0 Å². The van der Waals surface area contributed by atoms with Crippen LogP contribution in [0.3, 0.4) is 0 Å². The standard InChI is InChI=1S/C20H14N2S/c21-20-22-19-17-9-8-13(10-14(17)11-18(19)23-20)16-7-3-5-12-4-1-2-6-15(12)16/h1-10H,11H2,(H2,21,22). The van der Waals surface area contributed by atoms with Crippen molar-refractivity contribution in [3.05, 3.63) is 71.1 Å². The molecule has 0 amide bonds. The molecule has 0 radical (unpaired) electrons. The Bertz CT molecular complexity index is 1060. The van der Waals surface area contributed by atoms with Crippen molar-refractivity contribution in [3.8, 4) is 22.4 Å². The Morgan fingerprint density at radius 3 is 2.74 bits per heavy atom. The van der Waals surface area contributed by atoms with Gasteiger partial charge in [0, 0.05) is 16.9 Å². The van der Waals surface area contributed by atoms with E-state index in [0.717, 1.165) is 12.1 Å². The summed E-state index contributed by atoms with van der Waals surface area (Å²) in [5, 5.41) is 3.24. The Morgan fingerprint density at radius 2 is 1.78 bits per heavy atom. The van der Waals surface area contributed by atoms with E-state index >= 15 is 0 Å². The summed E-state index contributed by atoms with van der Waals surface area (Å²) in [6.07, 6.45) is 0.943. The van der Waals surface area contributed by atoms with E-state index in [9.17, 15) is 0 Å². The van der Waals surface area contributed by atoms with Crippen molar-refractivity contribution in [2.75, 3.05) is 5.73 Å². The van der Waals surface area contributed by atoms with Gasteiger partial charge in [-0.05, 0) is 27.5 Å². The fourth-order valence-electron chi connectivity index (χ4n) is 3.49. The molecule has 3 aromatic carbocycles. The zero-order chi connectivity index (χ0) is 15.4. The molecule has 0 saturated heterocycles. The lowest BCUT2D eigenvalue weighted by Gasteiger charge is -2.09. The summed E-state index contributed by atoms with van der Waals surface area (Å²) in [7, 11) is 0. The van der Waals surface area contributed by atoms with E-state index in [0.29, 0.717) is 5.13 Å². The maximum absolute atomic E-state index is 5.84. The predicted octanol–water partition coefficient (Wildman–Crippen LogP) is 5.12. The molecule has 2 nitrogen and oxygen atoms in total. The maximum Gasteiger partial charge on any atom is 0.180 e. The lowest BCUT2D eigenvalue weighted by Crippen LogP contribution is -1.87. The van der Waals surface area contributed by atoms with Crippen LogP contribution in [0.5, 0.6) is 0 Å². The molecule has 110 valence electrons. The number of hydrogen-bond acceptors (Lipinski definition) is 3. The molecule has 0 saturated carbocycles. The first-order valence-electron chi connectivity index (χ1n) is 7.66. The van der Waals surface area contributed by atoms with Crippen molar-refractivity contribution in [1.82, 2.24) is 4.98 Å². The second-order valence-corrected chi connectivity index (χ2v) is 7.01. The first-order chi connectivity index (χ1) is 11.3. The van der Waals surface area contributed by atoms with Crippen LogP contribution in [0.15, 0.2) is 60.7 Å². The lowest BCUT2D eigenvalue weighted by atomic mass is 9.95. The van der Waals surface area contributed by atoms with Crippen LogP contribution in [0, 0.1) is 0 Å². The topological polar surface area (TPSA) is 38.9 Å². The largest absolute Gasteiger partial charge is 0.375 e. The Hall–Kier alpha value is -2.65. The number of nitrogens with two attached hydrogens (primary N) is 1. The first-order valence-corrected chi connectivity index (χ1v) is 8.48. The van der Waals surface area contributed by atoms with Gasteiger partial charge in [-0.15, -0.1) is 11.3 Å². The van der Waals surface area contributed by atoms with Gasteiger partial charge in [0.1, 0.15) is 0 Å². The highest BCUT2D eigenvalue weighted by Crippen LogP contribution is 2.42. The van der Waals surface area contributed by atoms with E-state index in [1.807, 2.05) is 0 Å². The molecule has 2 N–H and O–H groups in total. The highest BCUT2D eigenvalue weighted by Gasteiger charge is 2.23. The molecule has 0 unspecified atom stereocenters. The van der Waals surface area contributed by atoms with Gasteiger partial charge in [0.05, 0.1) is 5.69 Å². The Morgan fingerprint density at radius 1 is 0.913 bits per heavy atom. The van der Waals surface area contributed by atoms with Crippen LogP contribution in [0.1, 0.15) is 10.4 Å². The van der Waals surface area contributed by atoms with Gasteiger partial charge in [-0.1, -0.05) is 60.7 Å². The summed E-state index contributed by atoms with van der Waals surface area (Å²) in [5.74, 6) is 0. The molecule has 0 bridgehead atoms. The number of fused-ring (bicyclic) bond motifs is 4. The average molecular weight is 314 g/mol. The molecule has 23 heavy (non-hydrogen) atoms. The van der Waals surface area contributed by atoms with Crippen LogP contribution in [0.4, 0.5) is 5.13 Å². The minimum absolute atomic E-state index is 0.666. The van der Waals surface area contributed by atoms with Crippen molar-refractivity contribution in [2.24, 2.45) is 0 Å². The van der Waals surface area contributed by atoms with E-state index < -0.39 is 0 Å². The number of anilines is 1. The van der Waals surface area contributed by atoms with Gasteiger partial charge in [0.2, 0.25) is 0 Å². The Balaban J connectivity index is 1.69. The molecule has 5 rings (SSSR count). The molecule has 1 aromatic heterocycles. The molecule has 1 aliphatic rings. The van der Waals surface area contributed by atoms with E-state index in [-0.39, 0.29) is 0 Å². The summed E-state index contributed by atoms with van der Waals surface area (Å²) >= 11 is 1.60. The number of rotatable bonds is 1. The summed E-state index contributed by atoms with van der Waals surface area (Å²) in [6, 6.07) is 21.7. The van der Waals surface area contributed by atoms with Crippen LogP contribution < -0.4 is 5.73 Å². The van der Waals surface area contributed by atoms with Crippen molar-refractivity contribution in [3.63, 3.8) is 0 Å². The summed E-state index contributed by atoms with van der Waals surface area (Å²) < 4.78 is 0. The van der Waals surface area contributed by atoms with E-state index in [1.165, 1.54) is 37.9 Å². The van der Waals surface area contributed by atoms with Crippen LogP contribution in [0.2, 0.25) is 0 Å². The minimum atomic E-state index is 0.666. The number of nitrogens with zero attached hydrogens (tertiary/aromatic N) is 1. The number of hydrogen-bond donors (Lipinski definition) is 1. The highest BCUT2D eigenvalue weighted by atomic mass is 32.1. The lowest BCUT2D eigenvalue weighted by molar-refractivity contribution is 1.31. The summed E-state index contributed by atoms with van der Waals surface area (Å²) in [4.78, 5) is 5.77. The summed E-state index contributed by atoms with van der Waals surface area (Å²) in [6.45, 7) is 0. The Labute approximate surface area is 138 Å². The van der Waals surface area contributed by atoms with E-state index in [2.05, 4.69) is 65.6 Å². The van der Waals surface area contributed by atoms with Crippen molar-refractivity contribution >= 4 is 27.2 Å². The zero-order valence-corrected chi connectivity index (χ0v) is 13.2. The number of thiazole rings is 1. The predicted molar refractivity (Wildman–Crippen MR) is 97.7 cm³/mol. The van der Waals surface area contributed by atoms with Gasteiger partial charge in [-0.2, -0.15) is 0 Å². The minimum Gasteiger partial charge on any atom is -0.375 e. The number of aromatic nitrogens is 1. The molecule has 1 aliphatic carbocycles. The third kappa shape index (κ3) is 1.90. The number of benzene rings is 3. The number of nitrogen functional groups attached to an aromatic ring is 1. The SMILES string of the molecule is Nc1nc2c(s1)Cc1cc(-c3cccc4ccccc34)ccc1-2. The third-order valence-corrected chi connectivity index (χ3v) is 5.41. The van der Waals surface area contributed by atoms with Gasteiger partial charge in [-0.3, -0.25) is 0 Å². The normalized spacial score (nSPS) is 12.3. The quantitative estimate of drug-likeness (QED) is 0.466. The van der Waals surface area contributed by atoms with Gasteiger partial charge in [0.25, 0.3) is 0 Å². The average Bonchev–Trinajstić information content (AvgIpc) is 3.09. The third-order valence-electron chi connectivity index (χ3n) is 4.53. The fraction of sp³-hybridized carbons (Fsp3) is 0.0500. The second-order valence-electron chi connectivity index (χ2n) is 5.90. The fourth-order valence-corrected chi connectivity index (χ4v) is 4.36. The molecule has 4 aromatic rings. The molecule has 1 heterocycles. The zero-order valence-electron chi connectivity index (χ0n) is 12.4. The van der Waals surface area contributed by atoms with Gasteiger partial charge in [0.15, 0.2) is 5.13 Å². The van der Waals surface area contributed by atoms with Crippen molar-refractivity contribution < 1.29 is 0 Å². The molecule has 0 atom stereocenters. The van der Waals surface area contributed by atoms with E-state index in [4.69, 9.17) is 5.73 Å². The van der Waals surface area contributed by atoms with Crippen LogP contribution in [-0.4, -0.2) is 4.98 Å². The highest BCUT2D eigenvalue weighted by molar-refractivity contribution is 7.15. The van der Waals surface area contributed by atoms with Crippen LogP contribution >= 0.6 is 11.3 Å². The van der Waals surface area contributed by atoms with Gasteiger partial charge in [-0.25, -0.2) is 4.98 Å². The maximum atomic E-state index is 5.84.